The van der Waals surface area contributed by atoms with Crippen LogP contribution in [-0.4, -0.2) is 25.5 Å². The molecule has 2 aromatic rings. The summed E-state index contributed by atoms with van der Waals surface area (Å²) in [6, 6.07) is 8.71. The maximum Gasteiger partial charge on any atom is 0.310 e. The molecule has 0 unspecified atom stereocenters. The van der Waals surface area contributed by atoms with Gasteiger partial charge in [-0.3, -0.25) is 9.59 Å². The van der Waals surface area contributed by atoms with Gasteiger partial charge in [-0.05, 0) is 34.5 Å². The fourth-order valence-corrected chi connectivity index (χ4v) is 2.38. The number of esters is 1. The molecule has 0 radical (unpaired) electrons. The van der Waals surface area contributed by atoms with Gasteiger partial charge >= 0.3 is 5.97 Å². The summed E-state index contributed by atoms with van der Waals surface area (Å²) in [5, 5.41) is 3.77. The van der Waals surface area contributed by atoms with Crippen LogP contribution in [0.1, 0.15) is 15.9 Å². The van der Waals surface area contributed by atoms with Crippen LogP contribution < -0.4 is 4.74 Å². The molecule has 0 saturated heterocycles. The van der Waals surface area contributed by atoms with Crippen molar-refractivity contribution in [2.45, 2.75) is 6.42 Å². The monoisotopic (exact) mass is 290 g/mol. The van der Waals surface area contributed by atoms with Crippen molar-refractivity contribution in [3.63, 3.8) is 0 Å². The van der Waals surface area contributed by atoms with Gasteiger partial charge in [-0.25, -0.2) is 0 Å². The molecule has 0 amide bonds. The lowest BCUT2D eigenvalue weighted by Crippen LogP contribution is -2.16. The van der Waals surface area contributed by atoms with E-state index in [1.54, 1.807) is 24.3 Å². The van der Waals surface area contributed by atoms with Gasteiger partial charge in [0.25, 0.3) is 0 Å². The summed E-state index contributed by atoms with van der Waals surface area (Å²) in [5.41, 5.74) is 1.31. The molecular formula is C15H14O4S. The first-order chi connectivity index (χ1) is 9.70. The number of rotatable bonds is 6. The lowest BCUT2D eigenvalue weighted by atomic mass is 10.1. The number of hydrogen-bond acceptors (Lipinski definition) is 5. The number of thiophene rings is 1. The Morgan fingerprint density at radius 2 is 2.00 bits per heavy atom. The highest BCUT2D eigenvalue weighted by atomic mass is 32.1. The third-order valence-corrected chi connectivity index (χ3v) is 3.43. The fraction of sp³-hybridized carbons (Fsp3) is 0.200. The Kier molecular flexibility index (Phi) is 4.90. The average molecular weight is 290 g/mol. The zero-order chi connectivity index (χ0) is 14.4. The van der Waals surface area contributed by atoms with Crippen LogP contribution in [0, 0.1) is 0 Å². The first-order valence-electron chi connectivity index (χ1n) is 6.03. The van der Waals surface area contributed by atoms with Crippen LogP contribution in [-0.2, 0) is 16.0 Å². The summed E-state index contributed by atoms with van der Waals surface area (Å²) in [6.45, 7) is -0.274. The molecule has 0 saturated carbocycles. The van der Waals surface area contributed by atoms with E-state index in [2.05, 4.69) is 0 Å². The minimum absolute atomic E-state index is 0.183. The summed E-state index contributed by atoms with van der Waals surface area (Å²) in [4.78, 5) is 23.6. The van der Waals surface area contributed by atoms with Crippen molar-refractivity contribution < 1.29 is 19.1 Å². The molecule has 1 aromatic carbocycles. The molecule has 2 rings (SSSR count). The summed E-state index contributed by atoms with van der Waals surface area (Å²) >= 11 is 1.52. The van der Waals surface area contributed by atoms with Gasteiger partial charge in [0.15, 0.2) is 6.61 Å². The van der Waals surface area contributed by atoms with E-state index < -0.39 is 5.97 Å². The predicted molar refractivity (Wildman–Crippen MR) is 76.3 cm³/mol. The fourth-order valence-electron chi connectivity index (χ4n) is 1.71. The highest BCUT2D eigenvalue weighted by molar-refractivity contribution is 7.07. The Hall–Kier alpha value is -2.14. The molecule has 4 nitrogen and oxygen atoms in total. The molecule has 0 aliphatic heterocycles. The molecular weight excluding hydrogens is 276 g/mol. The number of hydrogen-bond donors (Lipinski definition) is 0. The van der Waals surface area contributed by atoms with Crippen LogP contribution in [0.4, 0.5) is 0 Å². The molecule has 0 aliphatic carbocycles. The van der Waals surface area contributed by atoms with Gasteiger partial charge < -0.3 is 9.47 Å². The van der Waals surface area contributed by atoms with E-state index in [0.717, 1.165) is 5.56 Å². The van der Waals surface area contributed by atoms with Gasteiger partial charge in [-0.15, -0.1) is 0 Å². The van der Waals surface area contributed by atoms with E-state index in [-0.39, 0.29) is 18.8 Å². The predicted octanol–water partition coefficient (Wildman–Crippen LogP) is 2.73. The minimum Gasteiger partial charge on any atom is -0.496 e. The quantitative estimate of drug-likeness (QED) is 0.606. The van der Waals surface area contributed by atoms with Gasteiger partial charge in [0.05, 0.1) is 19.1 Å². The largest absolute Gasteiger partial charge is 0.496 e. The molecule has 1 heterocycles. The third-order valence-electron chi connectivity index (χ3n) is 2.70. The van der Waals surface area contributed by atoms with E-state index in [9.17, 15) is 9.59 Å². The summed E-state index contributed by atoms with van der Waals surface area (Å²) in [6.07, 6.45) is 0.183. The Morgan fingerprint density at radius 3 is 2.70 bits per heavy atom. The van der Waals surface area contributed by atoms with Crippen molar-refractivity contribution in [1.29, 1.82) is 0 Å². The Labute approximate surface area is 121 Å². The van der Waals surface area contributed by atoms with Crippen molar-refractivity contribution in [2.75, 3.05) is 13.7 Å². The van der Waals surface area contributed by atoms with Crippen LogP contribution in [0.3, 0.4) is 0 Å². The maximum absolute atomic E-state index is 12.0. The van der Waals surface area contributed by atoms with E-state index in [4.69, 9.17) is 9.47 Å². The average Bonchev–Trinajstić information content (AvgIpc) is 2.97. The third kappa shape index (κ3) is 3.68. The highest BCUT2D eigenvalue weighted by Gasteiger charge is 2.14. The van der Waals surface area contributed by atoms with E-state index in [1.165, 1.54) is 18.4 Å². The molecule has 0 N–H and O–H groups in total. The Bertz CT molecular complexity index is 590. The van der Waals surface area contributed by atoms with Crippen LogP contribution in [0.15, 0.2) is 41.1 Å². The topological polar surface area (TPSA) is 52.6 Å². The smallest absolute Gasteiger partial charge is 0.310 e. The van der Waals surface area contributed by atoms with E-state index in [1.807, 2.05) is 16.8 Å². The Balaban J connectivity index is 1.90. The molecule has 0 aliphatic rings. The molecule has 0 bridgehead atoms. The van der Waals surface area contributed by atoms with Crippen molar-refractivity contribution >= 4 is 23.1 Å². The number of ether oxygens (including phenoxy) is 2. The summed E-state index contributed by atoms with van der Waals surface area (Å²) in [7, 11) is 1.49. The van der Waals surface area contributed by atoms with E-state index >= 15 is 0 Å². The van der Waals surface area contributed by atoms with Crippen LogP contribution in [0.25, 0.3) is 0 Å². The summed E-state index contributed by atoms with van der Waals surface area (Å²) < 4.78 is 10.1. The van der Waals surface area contributed by atoms with Gasteiger partial charge in [0.1, 0.15) is 5.75 Å². The second-order valence-corrected chi connectivity index (χ2v) is 4.87. The minimum atomic E-state index is -0.411. The lowest BCUT2D eigenvalue weighted by Gasteiger charge is -2.07. The van der Waals surface area contributed by atoms with E-state index in [0.29, 0.717) is 11.3 Å². The normalized spacial score (nSPS) is 10.1. The molecule has 20 heavy (non-hydrogen) atoms. The van der Waals surface area contributed by atoms with Crippen molar-refractivity contribution in [3.8, 4) is 5.75 Å². The Morgan fingerprint density at radius 1 is 1.20 bits per heavy atom. The number of Topliss-reactive ketones (excluding diaryl/α,β-unsaturated/α-hetero) is 1. The molecule has 1 aromatic heterocycles. The number of methoxy groups -OCH3 is 1. The van der Waals surface area contributed by atoms with Gasteiger partial charge in [0, 0.05) is 0 Å². The van der Waals surface area contributed by atoms with Crippen molar-refractivity contribution in [3.05, 3.63) is 52.2 Å². The second kappa shape index (κ2) is 6.86. The lowest BCUT2D eigenvalue weighted by molar-refractivity contribution is -0.141. The number of carbonyl (C=O) groups excluding carboxylic acids is 2. The SMILES string of the molecule is COc1ccccc1C(=O)COC(=O)Cc1ccsc1. The number of para-hydroxylation sites is 1. The zero-order valence-corrected chi connectivity index (χ0v) is 11.8. The second-order valence-electron chi connectivity index (χ2n) is 4.09. The molecule has 0 fully saturated rings. The molecule has 104 valence electrons. The number of benzene rings is 1. The first-order valence-corrected chi connectivity index (χ1v) is 6.98. The number of carbonyl (C=O) groups is 2. The first kappa shape index (κ1) is 14.3. The molecule has 0 spiro atoms. The summed E-state index contributed by atoms with van der Waals surface area (Å²) in [5.74, 6) is -0.209. The standard InChI is InChI=1S/C15H14O4S/c1-18-14-5-3-2-4-12(14)13(16)9-19-15(17)8-11-6-7-20-10-11/h2-7,10H,8-9H2,1H3. The van der Waals surface area contributed by atoms with Crippen LogP contribution in [0.2, 0.25) is 0 Å². The highest BCUT2D eigenvalue weighted by Crippen LogP contribution is 2.17. The number of ketones is 1. The van der Waals surface area contributed by atoms with Gasteiger partial charge in [0.2, 0.25) is 5.78 Å². The van der Waals surface area contributed by atoms with Crippen LogP contribution >= 0.6 is 11.3 Å². The molecule has 0 atom stereocenters. The molecule has 5 heteroatoms. The van der Waals surface area contributed by atoms with Gasteiger partial charge in [-0.2, -0.15) is 11.3 Å². The van der Waals surface area contributed by atoms with Crippen molar-refractivity contribution in [2.24, 2.45) is 0 Å². The van der Waals surface area contributed by atoms with Gasteiger partial charge in [-0.1, -0.05) is 12.1 Å². The van der Waals surface area contributed by atoms with Crippen molar-refractivity contribution in [1.82, 2.24) is 0 Å². The van der Waals surface area contributed by atoms with Crippen LogP contribution in [0.5, 0.6) is 5.75 Å². The maximum atomic E-state index is 12.0. The zero-order valence-electron chi connectivity index (χ0n) is 11.0.